The molecule has 2 rings (SSSR count). The Morgan fingerprint density at radius 1 is 0.756 bits per heavy atom. The quantitative estimate of drug-likeness (QED) is 0.211. The van der Waals surface area contributed by atoms with Crippen LogP contribution in [0.1, 0.15) is 94.9 Å². The van der Waals surface area contributed by atoms with Gasteiger partial charge in [0.05, 0.1) is 6.10 Å². The first-order valence-corrected chi connectivity index (χ1v) is 15.3. The van der Waals surface area contributed by atoms with E-state index in [0.717, 1.165) is 12.8 Å². The molecule has 0 unspecified atom stereocenters. The van der Waals surface area contributed by atoms with E-state index in [-0.39, 0.29) is 11.5 Å². The van der Waals surface area contributed by atoms with Crippen LogP contribution in [0.4, 0.5) is 0 Å². The van der Waals surface area contributed by atoms with E-state index >= 15 is 0 Å². The van der Waals surface area contributed by atoms with Gasteiger partial charge in [-0.05, 0) is 83.6 Å². The maximum atomic E-state index is 10.1. The third kappa shape index (κ3) is 11.9. The molecule has 0 aliphatic heterocycles. The van der Waals surface area contributed by atoms with E-state index in [1.54, 1.807) is 0 Å². The molecule has 0 heterocycles. The number of hydrogen-bond donors (Lipinski definition) is 1. The van der Waals surface area contributed by atoms with Gasteiger partial charge < -0.3 is 5.11 Å². The van der Waals surface area contributed by atoms with Gasteiger partial charge in [0.15, 0.2) is 0 Å². The lowest BCUT2D eigenvalue weighted by atomic mass is 9.68. The molecular weight excluding hydrogens is 496 g/mol. The summed E-state index contributed by atoms with van der Waals surface area (Å²) in [6, 6.07) is 0. The van der Waals surface area contributed by atoms with E-state index in [0.29, 0.717) is 11.3 Å². The second kappa shape index (κ2) is 15.9. The van der Waals surface area contributed by atoms with Gasteiger partial charge in [0, 0.05) is 5.92 Å². The van der Waals surface area contributed by atoms with Gasteiger partial charge in [0.1, 0.15) is 0 Å². The molecule has 1 heteroatoms. The van der Waals surface area contributed by atoms with Gasteiger partial charge in [-0.15, -0.1) is 0 Å². The van der Waals surface area contributed by atoms with Crippen LogP contribution in [0.3, 0.4) is 0 Å². The van der Waals surface area contributed by atoms with Crippen LogP contribution >= 0.6 is 0 Å². The predicted octanol–water partition coefficient (Wildman–Crippen LogP) is 11.4. The zero-order valence-corrected chi connectivity index (χ0v) is 27.6. The molecule has 2 aliphatic rings. The highest BCUT2D eigenvalue weighted by atomic mass is 16.3. The summed E-state index contributed by atoms with van der Waals surface area (Å²) in [6.45, 7) is 22.2. The molecule has 0 aromatic carbocycles. The monoisotopic (exact) mass is 552 g/mol. The zero-order chi connectivity index (χ0) is 30.6. The molecule has 0 aromatic rings. The van der Waals surface area contributed by atoms with Crippen molar-refractivity contribution in [1.29, 1.82) is 0 Å². The third-order valence-electron chi connectivity index (χ3n) is 8.39. The summed E-state index contributed by atoms with van der Waals surface area (Å²) < 4.78 is 0. The topological polar surface area (TPSA) is 20.2 Å². The molecule has 0 aromatic heterocycles. The van der Waals surface area contributed by atoms with Crippen molar-refractivity contribution in [2.45, 2.75) is 101 Å². The highest BCUT2D eigenvalue weighted by Gasteiger charge is 2.31. The Morgan fingerprint density at radius 2 is 1.27 bits per heavy atom. The smallest absolute Gasteiger partial charge is 0.0585 e. The molecule has 41 heavy (non-hydrogen) atoms. The first kappa shape index (κ1) is 34.3. The highest BCUT2D eigenvalue weighted by Crippen LogP contribution is 2.42. The van der Waals surface area contributed by atoms with Crippen molar-refractivity contribution in [2.24, 2.45) is 16.7 Å². The van der Waals surface area contributed by atoms with E-state index in [9.17, 15) is 5.11 Å². The van der Waals surface area contributed by atoms with E-state index in [1.165, 1.54) is 51.9 Å². The maximum Gasteiger partial charge on any atom is 0.0585 e. The van der Waals surface area contributed by atoms with Crippen molar-refractivity contribution >= 4 is 0 Å². The second-order valence-electron chi connectivity index (χ2n) is 13.5. The average Bonchev–Trinajstić information content (AvgIpc) is 2.84. The van der Waals surface area contributed by atoms with Gasteiger partial charge >= 0.3 is 0 Å². The highest BCUT2D eigenvalue weighted by molar-refractivity contribution is 5.38. The molecule has 0 fully saturated rings. The second-order valence-corrected chi connectivity index (χ2v) is 13.5. The first-order chi connectivity index (χ1) is 19.2. The molecule has 0 amide bonds. The SMILES string of the molecule is CC(C=C[C@H]1C(C)=CCCC1(C)C)=CC=CC(C)=C/C=C/C=C(C)/C=C/C=C(C)/C=C/C1=C(C)C[C@@H](O)CC1(C)C. The first-order valence-electron chi connectivity index (χ1n) is 15.3. The zero-order valence-electron chi connectivity index (χ0n) is 27.6. The van der Waals surface area contributed by atoms with Gasteiger partial charge in [-0.25, -0.2) is 0 Å². The molecule has 0 spiro atoms. The minimum Gasteiger partial charge on any atom is -0.393 e. The Morgan fingerprint density at radius 3 is 1.80 bits per heavy atom. The number of rotatable bonds is 10. The van der Waals surface area contributed by atoms with Crippen molar-refractivity contribution in [3.05, 3.63) is 130 Å². The van der Waals surface area contributed by atoms with Gasteiger partial charge in [-0.2, -0.15) is 0 Å². The molecule has 1 N–H and O–H groups in total. The lowest BCUT2D eigenvalue weighted by Crippen LogP contribution is -2.28. The summed E-state index contributed by atoms with van der Waals surface area (Å²) in [7, 11) is 0. The molecule has 0 radical (unpaired) electrons. The number of allylic oxidation sites excluding steroid dienone is 21. The Bertz CT molecular complexity index is 1240. The summed E-state index contributed by atoms with van der Waals surface area (Å²) in [5.74, 6) is 0.524. The minimum atomic E-state index is -0.221. The third-order valence-corrected chi connectivity index (χ3v) is 8.39. The molecular formula is C40H56O. The lowest BCUT2D eigenvalue weighted by Gasteiger charge is -2.36. The van der Waals surface area contributed by atoms with Crippen LogP contribution < -0.4 is 0 Å². The van der Waals surface area contributed by atoms with E-state index in [1.807, 2.05) is 0 Å². The van der Waals surface area contributed by atoms with Crippen molar-refractivity contribution in [3.63, 3.8) is 0 Å². The standard InChI is InChI=1S/C40H56O/c1-30(18-13-20-32(3)23-25-37-34(5)22-15-27-39(37,7)8)16-11-12-17-31(2)19-14-21-33(4)24-26-38-35(6)28-36(41)29-40(38,9)10/h11-14,16-26,36-37,41H,15,27-29H2,1-10H3/b12-11+,18-13?,19-14+,25-23?,26-24+,30-16?,31-17+,32-20?,33-21+/t36-,37+/m1/s1. The van der Waals surface area contributed by atoms with Crippen LogP contribution in [-0.2, 0) is 0 Å². The largest absolute Gasteiger partial charge is 0.393 e. The van der Waals surface area contributed by atoms with E-state index in [4.69, 9.17) is 0 Å². The average molecular weight is 553 g/mol. The lowest BCUT2D eigenvalue weighted by molar-refractivity contribution is 0.116. The van der Waals surface area contributed by atoms with Crippen LogP contribution in [0.2, 0.25) is 0 Å². The van der Waals surface area contributed by atoms with Crippen LogP contribution in [0.25, 0.3) is 0 Å². The molecule has 0 saturated carbocycles. The normalized spacial score (nSPS) is 25.1. The van der Waals surface area contributed by atoms with Gasteiger partial charge in [-0.1, -0.05) is 152 Å². The number of hydrogen-bond acceptors (Lipinski definition) is 1. The Labute approximate surface area is 252 Å². The Balaban J connectivity index is 1.89. The van der Waals surface area contributed by atoms with Gasteiger partial charge in [0.25, 0.3) is 0 Å². The van der Waals surface area contributed by atoms with Crippen molar-refractivity contribution in [3.8, 4) is 0 Å². The van der Waals surface area contributed by atoms with Crippen LogP contribution in [0.15, 0.2) is 130 Å². The van der Waals surface area contributed by atoms with E-state index in [2.05, 4.69) is 160 Å². The Hall–Kier alpha value is -2.90. The summed E-state index contributed by atoms with van der Waals surface area (Å²) in [5.41, 5.74) is 9.40. The molecule has 0 bridgehead atoms. The van der Waals surface area contributed by atoms with Crippen LogP contribution in [-0.4, -0.2) is 11.2 Å². The van der Waals surface area contributed by atoms with Crippen molar-refractivity contribution in [1.82, 2.24) is 0 Å². The van der Waals surface area contributed by atoms with Crippen molar-refractivity contribution < 1.29 is 5.11 Å². The summed E-state index contributed by atoms with van der Waals surface area (Å²) in [6.07, 6.45) is 36.6. The fourth-order valence-corrected chi connectivity index (χ4v) is 5.97. The van der Waals surface area contributed by atoms with Crippen molar-refractivity contribution in [2.75, 3.05) is 0 Å². The van der Waals surface area contributed by atoms with Gasteiger partial charge in [0.2, 0.25) is 0 Å². The predicted molar refractivity (Wildman–Crippen MR) is 183 cm³/mol. The summed E-state index contributed by atoms with van der Waals surface area (Å²) in [5, 5.41) is 10.1. The van der Waals surface area contributed by atoms with Crippen LogP contribution in [0, 0.1) is 16.7 Å². The van der Waals surface area contributed by atoms with Gasteiger partial charge in [-0.3, -0.25) is 0 Å². The summed E-state index contributed by atoms with van der Waals surface area (Å²) >= 11 is 0. The molecule has 222 valence electrons. The Kier molecular flexibility index (Phi) is 13.3. The number of aliphatic hydroxyl groups excluding tert-OH is 1. The molecule has 0 saturated heterocycles. The fourth-order valence-electron chi connectivity index (χ4n) is 5.97. The van der Waals surface area contributed by atoms with Crippen LogP contribution in [0.5, 0.6) is 0 Å². The molecule has 2 atom stereocenters. The maximum absolute atomic E-state index is 10.1. The number of aliphatic hydroxyl groups is 1. The minimum absolute atomic E-state index is 0.0126. The molecule has 1 nitrogen and oxygen atoms in total. The summed E-state index contributed by atoms with van der Waals surface area (Å²) in [4.78, 5) is 0. The van der Waals surface area contributed by atoms with E-state index < -0.39 is 0 Å². The molecule has 2 aliphatic carbocycles. The fraction of sp³-hybridized carbons (Fsp3) is 0.450.